The average molecular weight is 339 g/mol. The number of hydrogen-bond acceptors (Lipinski definition) is 3. The van der Waals surface area contributed by atoms with Gasteiger partial charge >= 0.3 is 0 Å². The number of hydrogen-bond donors (Lipinski definition) is 2. The summed E-state index contributed by atoms with van der Waals surface area (Å²) in [5.74, 6) is -0.0418. The van der Waals surface area contributed by atoms with Gasteiger partial charge in [0.25, 0.3) is 0 Å². The number of nitrogens with zero attached hydrogens (tertiary/aromatic N) is 2. The first-order chi connectivity index (χ1) is 12.1. The van der Waals surface area contributed by atoms with Crippen molar-refractivity contribution in [1.82, 2.24) is 14.8 Å². The predicted octanol–water partition coefficient (Wildman–Crippen LogP) is 1.88. The van der Waals surface area contributed by atoms with Crippen LogP contribution in [0.3, 0.4) is 0 Å². The number of carbonyl (C=O) groups is 1. The van der Waals surface area contributed by atoms with Crippen molar-refractivity contribution >= 4 is 22.4 Å². The Bertz CT molecular complexity index is 839. The van der Waals surface area contributed by atoms with Crippen molar-refractivity contribution in [3.63, 3.8) is 0 Å². The number of rotatable bonds is 4. The van der Waals surface area contributed by atoms with Gasteiger partial charge in [-0.3, -0.25) is 9.69 Å². The molecule has 0 unspecified atom stereocenters. The molecule has 0 radical (unpaired) electrons. The number of H-pyrrole nitrogens is 1. The molecule has 2 aliphatic rings. The van der Waals surface area contributed by atoms with Crippen molar-refractivity contribution in [2.75, 3.05) is 33.3 Å². The maximum Gasteiger partial charge on any atom is 0.230 e. The number of aliphatic hydroxyl groups excluding tert-OH is 1. The van der Waals surface area contributed by atoms with Crippen LogP contribution in [0.2, 0.25) is 0 Å². The first kappa shape index (κ1) is 16.4. The van der Waals surface area contributed by atoms with E-state index in [0.29, 0.717) is 19.1 Å². The van der Waals surface area contributed by atoms with Gasteiger partial charge < -0.3 is 15.0 Å². The number of aromatic amines is 1. The van der Waals surface area contributed by atoms with Crippen LogP contribution in [0.15, 0.2) is 30.5 Å². The molecule has 0 saturated carbocycles. The highest BCUT2D eigenvalue weighted by Gasteiger charge is 2.36. The lowest BCUT2D eigenvalue weighted by Gasteiger charge is -2.40. The Kier molecular flexibility index (Phi) is 4.13. The van der Waals surface area contributed by atoms with Crippen LogP contribution >= 0.6 is 0 Å². The third-order valence-corrected chi connectivity index (χ3v) is 5.65. The molecular weight excluding hydrogens is 314 g/mol. The van der Waals surface area contributed by atoms with E-state index in [9.17, 15) is 9.90 Å². The fourth-order valence-corrected chi connectivity index (χ4v) is 4.38. The summed E-state index contributed by atoms with van der Waals surface area (Å²) in [6, 6.07) is 6.68. The first-order valence-electron chi connectivity index (χ1n) is 9.05. The molecule has 1 aliphatic carbocycles. The number of nitrogens with one attached hydrogen (secondary N) is 1. The molecule has 2 atom stereocenters. The predicted molar refractivity (Wildman–Crippen MR) is 99.2 cm³/mol. The van der Waals surface area contributed by atoms with Gasteiger partial charge in [-0.25, -0.2) is 0 Å². The van der Waals surface area contributed by atoms with E-state index in [1.807, 2.05) is 6.92 Å². The summed E-state index contributed by atoms with van der Waals surface area (Å²) in [4.78, 5) is 20.3. The van der Waals surface area contributed by atoms with Gasteiger partial charge in [-0.2, -0.15) is 0 Å². The summed E-state index contributed by atoms with van der Waals surface area (Å²) in [7, 11) is 2.11. The minimum absolute atomic E-state index is 0.00729. The van der Waals surface area contributed by atoms with Crippen LogP contribution in [0.1, 0.15) is 18.1 Å². The Morgan fingerprint density at radius 3 is 3.04 bits per heavy atom. The second-order valence-electron chi connectivity index (χ2n) is 7.07. The zero-order valence-corrected chi connectivity index (χ0v) is 14.8. The zero-order valence-electron chi connectivity index (χ0n) is 14.8. The summed E-state index contributed by atoms with van der Waals surface area (Å²) < 4.78 is 0. The van der Waals surface area contributed by atoms with Gasteiger partial charge in [0, 0.05) is 42.8 Å². The van der Waals surface area contributed by atoms with E-state index < -0.39 is 0 Å². The summed E-state index contributed by atoms with van der Waals surface area (Å²) in [5, 5.41) is 10.5. The maximum absolute atomic E-state index is 12.9. The van der Waals surface area contributed by atoms with Gasteiger partial charge in [0.05, 0.1) is 12.5 Å². The maximum atomic E-state index is 12.9. The third kappa shape index (κ3) is 2.58. The highest BCUT2D eigenvalue weighted by molar-refractivity contribution is 5.99. The van der Waals surface area contributed by atoms with Gasteiger partial charge in [0.15, 0.2) is 0 Å². The Hall–Kier alpha value is -2.11. The van der Waals surface area contributed by atoms with Gasteiger partial charge in [-0.05, 0) is 43.2 Å². The normalized spacial score (nSPS) is 22.6. The van der Waals surface area contributed by atoms with E-state index in [1.54, 1.807) is 4.90 Å². The number of benzene rings is 1. The second kappa shape index (κ2) is 6.32. The van der Waals surface area contributed by atoms with Crippen molar-refractivity contribution in [1.29, 1.82) is 0 Å². The van der Waals surface area contributed by atoms with Crippen LogP contribution in [-0.4, -0.2) is 65.1 Å². The van der Waals surface area contributed by atoms with Crippen molar-refractivity contribution in [3.05, 3.63) is 41.6 Å². The highest BCUT2D eigenvalue weighted by atomic mass is 16.3. The van der Waals surface area contributed by atoms with Gasteiger partial charge in [0.1, 0.15) is 0 Å². The number of carbonyl (C=O) groups excluding carboxylic acids is 1. The van der Waals surface area contributed by atoms with Crippen molar-refractivity contribution in [2.45, 2.75) is 19.4 Å². The SMILES string of the molecule is CCN(CCO)C(=O)[C@@H]1C=C2c3cccc4[nH]cc(c34)C[C@H]2N(C)C1. The molecule has 1 aliphatic heterocycles. The van der Waals surface area contributed by atoms with E-state index in [0.717, 1.165) is 13.0 Å². The minimum atomic E-state index is -0.154. The molecule has 2 N–H and O–H groups in total. The molecule has 4 rings (SSSR count). The summed E-state index contributed by atoms with van der Waals surface area (Å²) in [5.41, 5.74) is 5.04. The lowest BCUT2D eigenvalue weighted by Crippen LogP contribution is -2.48. The first-order valence-corrected chi connectivity index (χ1v) is 9.05. The lowest BCUT2D eigenvalue weighted by atomic mass is 9.79. The van der Waals surface area contributed by atoms with E-state index in [2.05, 4.69) is 47.4 Å². The number of amides is 1. The summed E-state index contributed by atoms with van der Waals surface area (Å²) >= 11 is 0. The van der Waals surface area contributed by atoms with Gasteiger partial charge in [-0.15, -0.1) is 0 Å². The Morgan fingerprint density at radius 2 is 2.28 bits per heavy atom. The standard InChI is InChI=1S/C20H25N3O2/c1-3-23(7-8-24)20(25)14-9-16-15-5-4-6-17-19(15)13(11-21-17)10-18(16)22(2)12-14/h4-6,9,11,14,18,21,24H,3,7-8,10,12H2,1-2H3/t14-,18-/m1/s1. The number of likely N-dealkylation sites (N-methyl/N-ethyl adjacent to an activating group) is 2. The molecule has 132 valence electrons. The van der Waals surface area contributed by atoms with E-state index in [-0.39, 0.29) is 18.4 Å². The van der Waals surface area contributed by atoms with E-state index in [1.165, 1.54) is 27.6 Å². The molecule has 0 spiro atoms. The van der Waals surface area contributed by atoms with Gasteiger partial charge in [-0.1, -0.05) is 18.2 Å². The summed E-state index contributed by atoms with van der Waals surface area (Å²) in [6.45, 7) is 3.73. The monoisotopic (exact) mass is 339 g/mol. The van der Waals surface area contributed by atoms with Crippen LogP contribution in [0.5, 0.6) is 0 Å². The Labute approximate surface area is 147 Å². The summed E-state index contributed by atoms with van der Waals surface area (Å²) in [6.07, 6.45) is 5.28. The molecule has 2 aromatic rings. The molecule has 25 heavy (non-hydrogen) atoms. The second-order valence-corrected chi connectivity index (χ2v) is 7.07. The molecule has 1 aromatic heterocycles. The van der Waals surface area contributed by atoms with Crippen LogP contribution in [0.4, 0.5) is 0 Å². The lowest BCUT2D eigenvalue weighted by molar-refractivity contribution is -0.135. The van der Waals surface area contributed by atoms with Gasteiger partial charge in [0.2, 0.25) is 5.91 Å². The number of fused-ring (bicyclic) bond motifs is 2. The van der Waals surface area contributed by atoms with E-state index >= 15 is 0 Å². The Balaban J connectivity index is 1.76. The number of aromatic nitrogens is 1. The largest absolute Gasteiger partial charge is 0.395 e. The Morgan fingerprint density at radius 1 is 1.44 bits per heavy atom. The highest BCUT2D eigenvalue weighted by Crippen LogP contribution is 2.40. The van der Waals surface area contributed by atoms with Crippen LogP contribution in [-0.2, 0) is 11.2 Å². The fraction of sp³-hybridized carbons (Fsp3) is 0.450. The molecule has 2 heterocycles. The fourth-order valence-electron chi connectivity index (χ4n) is 4.38. The molecular formula is C20H25N3O2. The average Bonchev–Trinajstić information content (AvgIpc) is 3.04. The molecule has 5 nitrogen and oxygen atoms in total. The third-order valence-electron chi connectivity index (χ3n) is 5.65. The quantitative estimate of drug-likeness (QED) is 0.894. The number of aliphatic hydroxyl groups is 1. The van der Waals surface area contributed by atoms with Crippen molar-refractivity contribution in [3.8, 4) is 0 Å². The van der Waals surface area contributed by atoms with E-state index in [4.69, 9.17) is 0 Å². The van der Waals surface area contributed by atoms with Crippen LogP contribution < -0.4 is 0 Å². The molecule has 0 bridgehead atoms. The van der Waals surface area contributed by atoms with Crippen LogP contribution in [0, 0.1) is 5.92 Å². The van der Waals surface area contributed by atoms with Crippen molar-refractivity contribution < 1.29 is 9.90 Å². The van der Waals surface area contributed by atoms with Crippen molar-refractivity contribution in [2.24, 2.45) is 5.92 Å². The molecule has 5 heteroatoms. The minimum Gasteiger partial charge on any atom is -0.395 e. The molecule has 0 saturated heterocycles. The molecule has 1 amide bonds. The molecule has 0 fully saturated rings. The smallest absolute Gasteiger partial charge is 0.230 e. The van der Waals surface area contributed by atoms with Crippen LogP contribution in [0.25, 0.3) is 16.5 Å². The topological polar surface area (TPSA) is 59.6 Å². The molecule has 1 aromatic carbocycles. The zero-order chi connectivity index (χ0) is 17.6.